The maximum absolute atomic E-state index is 13.0. The molecule has 2 rings (SSSR count). The first-order valence-corrected chi connectivity index (χ1v) is 6.52. The largest absolute Gasteiger partial charge is 0.491 e. The van der Waals surface area contributed by atoms with E-state index in [1.165, 1.54) is 12.1 Å². The Morgan fingerprint density at radius 1 is 1.30 bits per heavy atom. The highest BCUT2D eigenvalue weighted by molar-refractivity contribution is 6.30. The zero-order valence-electron chi connectivity index (χ0n) is 11.0. The van der Waals surface area contributed by atoms with Crippen LogP contribution >= 0.6 is 11.6 Å². The van der Waals surface area contributed by atoms with Crippen molar-refractivity contribution in [1.29, 1.82) is 0 Å². The summed E-state index contributed by atoms with van der Waals surface area (Å²) in [5.74, 6) is 0.316. The molecular formula is C14H13ClF3NO. The van der Waals surface area contributed by atoms with Crippen molar-refractivity contribution in [3.05, 3.63) is 34.5 Å². The van der Waals surface area contributed by atoms with E-state index in [-0.39, 0.29) is 16.1 Å². The molecule has 0 unspecified atom stereocenters. The maximum atomic E-state index is 13.0. The number of nitrogens with zero attached hydrogens (tertiary/aromatic N) is 1. The normalized spacial score (nSPS) is 11.9. The van der Waals surface area contributed by atoms with Crippen molar-refractivity contribution in [2.24, 2.45) is 0 Å². The van der Waals surface area contributed by atoms with Gasteiger partial charge in [-0.15, -0.1) is 0 Å². The van der Waals surface area contributed by atoms with Gasteiger partial charge >= 0.3 is 6.18 Å². The third-order valence-electron chi connectivity index (χ3n) is 2.84. The topological polar surface area (TPSA) is 22.1 Å². The Bertz CT molecular complexity index is 640. The number of ether oxygens (including phenoxy) is 1. The van der Waals surface area contributed by atoms with Crippen LogP contribution in [-0.4, -0.2) is 11.6 Å². The van der Waals surface area contributed by atoms with Crippen molar-refractivity contribution in [2.45, 2.75) is 26.4 Å². The number of alkyl halides is 3. The van der Waals surface area contributed by atoms with Gasteiger partial charge in [-0.2, -0.15) is 13.2 Å². The van der Waals surface area contributed by atoms with Crippen molar-refractivity contribution < 1.29 is 17.9 Å². The Morgan fingerprint density at radius 3 is 2.60 bits per heavy atom. The Balaban J connectivity index is 2.72. The van der Waals surface area contributed by atoms with Crippen LogP contribution in [0, 0.1) is 6.92 Å². The van der Waals surface area contributed by atoms with Crippen LogP contribution in [0.4, 0.5) is 13.2 Å². The SMILES string of the molecule is CCCOc1ccc(C(F)(F)F)c2cc(C)c(Cl)nc12. The van der Waals surface area contributed by atoms with E-state index in [2.05, 4.69) is 4.98 Å². The van der Waals surface area contributed by atoms with Gasteiger partial charge in [-0.05, 0) is 37.1 Å². The number of benzene rings is 1. The maximum Gasteiger partial charge on any atom is 0.417 e. The molecule has 1 aromatic heterocycles. The van der Waals surface area contributed by atoms with Crippen LogP contribution < -0.4 is 4.74 Å². The average molecular weight is 304 g/mol. The number of rotatable bonds is 3. The molecule has 0 saturated carbocycles. The van der Waals surface area contributed by atoms with Crippen molar-refractivity contribution >= 4 is 22.5 Å². The summed E-state index contributed by atoms with van der Waals surface area (Å²) < 4.78 is 44.5. The molecule has 0 aliphatic carbocycles. The van der Waals surface area contributed by atoms with Gasteiger partial charge in [0.15, 0.2) is 0 Å². The van der Waals surface area contributed by atoms with Gasteiger partial charge in [0.1, 0.15) is 16.4 Å². The molecule has 0 amide bonds. The highest BCUT2D eigenvalue weighted by atomic mass is 35.5. The molecule has 108 valence electrons. The molecule has 0 radical (unpaired) electrons. The standard InChI is InChI=1S/C14H13ClF3NO/c1-3-6-20-11-5-4-10(14(16,17)18)9-7-8(2)13(15)19-12(9)11/h4-5,7H,3,6H2,1-2H3. The van der Waals surface area contributed by atoms with Crippen LogP contribution in [0.1, 0.15) is 24.5 Å². The fraction of sp³-hybridized carbons (Fsp3) is 0.357. The fourth-order valence-corrected chi connectivity index (χ4v) is 2.03. The molecule has 1 heterocycles. The summed E-state index contributed by atoms with van der Waals surface area (Å²) in [5.41, 5.74) is -0.0928. The zero-order valence-corrected chi connectivity index (χ0v) is 11.8. The van der Waals surface area contributed by atoms with Crippen LogP contribution in [-0.2, 0) is 6.18 Å². The third kappa shape index (κ3) is 2.82. The summed E-state index contributed by atoms with van der Waals surface area (Å²) in [7, 11) is 0. The van der Waals surface area contributed by atoms with Gasteiger partial charge in [0.05, 0.1) is 12.2 Å². The molecule has 0 bridgehead atoms. The predicted molar refractivity (Wildman–Crippen MR) is 72.3 cm³/mol. The fourth-order valence-electron chi connectivity index (χ4n) is 1.89. The number of hydrogen-bond donors (Lipinski definition) is 0. The van der Waals surface area contributed by atoms with Crippen LogP contribution in [0.5, 0.6) is 5.75 Å². The van der Waals surface area contributed by atoms with E-state index in [0.717, 1.165) is 12.5 Å². The monoisotopic (exact) mass is 303 g/mol. The van der Waals surface area contributed by atoms with E-state index in [1.807, 2.05) is 6.92 Å². The Kier molecular flexibility index (Phi) is 4.09. The van der Waals surface area contributed by atoms with Crippen LogP contribution in [0.25, 0.3) is 10.9 Å². The summed E-state index contributed by atoms with van der Waals surface area (Å²) in [6, 6.07) is 3.70. The first-order valence-electron chi connectivity index (χ1n) is 6.14. The molecule has 0 spiro atoms. The van der Waals surface area contributed by atoms with E-state index >= 15 is 0 Å². The minimum absolute atomic E-state index is 0.00741. The molecule has 6 heteroatoms. The lowest BCUT2D eigenvalue weighted by Crippen LogP contribution is -2.07. The third-order valence-corrected chi connectivity index (χ3v) is 3.23. The number of pyridine rings is 1. The number of aryl methyl sites for hydroxylation is 1. The van der Waals surface area contributed by atoms with Crippen LogP contribution in [0.15, 0.2) is 18.2 Å². The summed E-state index contributed by atoms with van der Waals surface area (Å²) >= 11 is 5.91. The highest BCUT2D eigenvalue weighted by Gasteiger charge is 2.33. The summed E-state index contributed by atoms with van der Waals surface area (Å²) in [4.78, 5) is 4.04. The van der Waals surface area contributed by atoms with Crippen molar-refractivity contribution in [2.75, 3.05) is 6.61 Å². The number of halogens is 4. The molecule has 2 aromatic rings. The minimum atomic E-state index is -4.44. The lowest BCUT2D eigenvalue weighted by molar-refractivity contribution is -0.136. The molecular weight excluding hydrogens is 291 g/mol. The molecule has 0 aliphatic rings. The van der Waals surface area contributed by atoms with E-state index in [0.29, 0.717) is 17.9 Å². The Morgan fingerprint density at radius 2 is 2.00 bits per heavy atom. The molecule has 0 N–H and O–H groups in total. The van der Waals surface area contributed by atoms with Crippen LogP contribution in [0.2, 0.25) is 5.15 Å². The smallest absolute Gasteiger partial charge is 0.417 e. The molecule has 0 aliphatic heterocycles. The quantitative estimate of drug-likeness (QED) is 0.744. The van der Waals surface area contributed by atoms with Crippen LogP contribution in [0.3, 0.4) is 0 Å². The van der Waals surface area contributed by atoms with E-state index in [1.54, 1.807) is 6.92 Å². The van der Waals surface area contributed by atoms with Gasteiger partial charge in [0.2, 0.25) is 0 Å². The number of hydrogen-bond acceptors (Lipinski definition) is 2. The molecule has 1 aromatic carbocycles. The lowest BCUT2D eigenvalue weighted by atomic mass is 10.1. The van der Waals surface area contributed by atoms with Gasteiger partial charge in [-0.25, -0.2) is 4.98 Å². The minimum Gasteiger partial charge on any atom is -0.491 e. The first-order chi connectivity index (χ1) is 9.34. The summed E-state index contributed by atoms with van der Waals surface area (Å²) in [6.07, 6.45) is -3.69. The number of fused-ring (bicyclic) bond motifs is 1. The van der Waals surface area contributed by atoms with Gasteiger partial charge < -0.3 is 4.74 Å². The van der Waals surface area contributed by atoms with Crippen molar-refractivity contribution in [3.63, 3.8) is 0 Å². The zero-order chi connectivity index (χ0) is 14.9. The van der Waals surface area contributed by atoms with Gasteiger partial charge in [0, 0.05) is 5.39 Å². The molecule has 2 nitrogen and oxygen atoms in total. The summed E-state index contributed by atoms with van der Waals surface area (Å²) in [6.45, 7) is 3.94. The van der Waals surface area contributed by atoms with Gasteiger partial charge in [-0.1, -0.05) is 18.5 Å². The Hall–Kier alpha value is -1.49. The van der Waals surface area contributed by atoms with Gasteiger partial charge in [-0.3, -0.25) is 0 Å². The highest BCUT2D eigenvalue weighted by Crippen LogP contribution is 2.38. The van der Waals surface area contributed by atoms with E-state index < -0.39 is 11.7 Å². The van der Waals surface area contributed by atoms with Gasteiger partial charge in [0.25, 0.3) is 0 Å². The predicted octanol–water partition coefficient (Wildman–Crippen LogP) is 5.00. The second-order valence-electron chi connectivity index (χ2n) is 4.45. The van der Waals surface area contributed by atoms with E-state index in [4.69, 9.17) is 16.3 Å². The van der Waals surface area contributed by atoms with Crippen molar-refractivity contribution in [1.82, 2.24) is 4.98 Å². The first kappa shape index (κ1) is 14.9. The Labute approximate surface area is 119 Å². The van der Waals surface area contributed by atoms with E-state index in [9.17, 15) is 13.2 Å². The summed E-state index contributed by atoms with van der Waals surface area (Å²) in [5, 5.41) is 0.186. The molecule has 0 fully saturated rings. The second-order valence-corrected chi connectivity index (χ2v) is 4.81. The van der Waals surface area contributed by atoms with Crippen molar-refractivity contribution in [3.8, 4) is 5.75 Å². The number of aromatic nitrogens is 1. The lowest BCUT2D eigenvalue weighted by Gasteiger charge is -2.14. The molecule has 0 saturated heterocycles. The molecule has 20 heavy (non-hydrogen) atoms. The second kappa shape index (κ2) is 5.48. The molecule has 0 atom stereocenters. The average Bonchev–Trinajstić information content (AvgIpc) is 2.36.